The van der Waals surface area contributed by atoms with Crippen molar-refractivity contribution in [2.24, 2.45) is 0 Å². The Balaban J connectivity index is 2.80. The number of benzene rings is 1. The lowest BCUT2D eigenvalue weighted by molar-refractivity contribution is 0.240. The largest absolute Gasteiger partial charge is 0.493 e. The second-order valence-corrected chi connectivity index (χ2v) is 4.79. The molecule has 0 aliphatic heterocycles. The highest BCUT2D eigenvalue weighted by Gasteiger charge is 2.14. The Kier molecular flexibility index (Phi) is 8.62. The molecule has 1 aromatic rings. The highest BCUT2D eigenvalue weighted by atomic mass is 16.5. The quantitative estimate of drug-likeness (QED) is 0.614. The van der Waals surface area contributed by atoms with E-state index in [1.807, 2.05) is 12.1 Å². The molecule has 1 aromatic carbocycles. The molecule has 0 saturated carbocycles. The van der Waals surface area contributed by atoms with Crippen molar-refractivity contribution < 1.29 is 19.3 Å². The van der Waals surface area contributed by atoms with Gasteiger partial charge in [0.2, 0.25) is 5.75 Å². The minimum atomic E-state index is 0.180. The van der Waals surface area contributed by atoms with Crippen molar-refractivity contribution in [3.63, 3.8) is 0 Å². The second-order valence-electron chi connectivity index (χ2n) is 4.79. The maximum atomic E-state index is 8.79. The molecule has 0 heterocycles. The second kappa shape index (κ2) is 10.3. The van der Waals surface area contributed by atoms with Crippen molar-refractivity contribution >= 4 is 0 Å². The number of unbranched alkanes of at least 4 members (excludes halogenated alkanes) is 1. The molecular formula is C16H27NO4. The van der Waals surface area contributed by atoms with Crippen LogP contribution in [0.15, 0.2) is 12.1 Å². The first kappa shape index (κ1) is 17.6. The van der Waals surface area contributed by atoms with E-state index in [1.165, 1.54) is 0 Å². The fourth-order valence-electron chi connectivity index (χ4n) is 1.98. The maximum absolute atomic E-state index is 8.79. The van der Waals surface area contributed by atoms with Crippen LogP contribution in [0.2, 0.25) is 0 Å². The first-order chi connectivity index (χ1) is 10.3. The number of aliphatic hydroxyl groups excluding tert-OH is 1. The van der Waals surface area contributed by atoms with E-state index < -0.39 is 0 Å². The van der Waals surface area contributed by atoms with Crippen LogP contribution in [0.5, 0.6) is 17.2 Å². The van der Waals surface area contributed by atoms with Gasteiger partial charge >= 0.3 is 0 Å². The van der Waals surface area contributed by atoms with E-state index in [2.05, 4.69) is 12.2 Å². The first-order valence-corrected chi connectivity index (χ1v) is 7.46. The van der Waals surface area contributed by atoms with Crippen LogP contribution in [-0.2, 0) is 6.54 Å². The zero-order chi connectivity index (χ0) is 15.5. The lowest BCUT2D eigenvalue weighted by Crippen LogP contribution is -2.14. The summed E-state index contributed by atoms with van der Waals surface area (Å²) < 4.78 is 16.6. The summed E-state index contributed by atoms with van der Waals surface area (Å²) in [4.78, 5) is 0. The first-order valence-electron chi connectivity index (χ1n) is 7.46. The molecule has 5 nitrogen and oxygen atoms in total. The number of rotatable bonds is 11. The van der Waals surface area contributed by atoms with Crippen LogP contribution in [-0.4, -0.2) is 39.1 Å². The van der Waals surface area contributed by atoms with Gasteiger partial charge in [-0.1, -0.05) is 6.92 Å². The summed E-state index contributed by atoms with van der Waals surface area (Å²) in [6.07, 6.45) is 2.62. The lowest BCUT2D eigenvalue weighted by Gasteiger charge is -2.16. The van der Waals surface area contributed by atoms with Gasteiger partial charge in [-0.3, -0.25) is 0 Å². The average Bonchev–Trinajstić information content (AvgIpc) is 2.51. The normalized spacial score (nSPS) is 10.5. The van der Waals surface area contributed by atoms with E-state index in [1.54, 1.807) is 14.2 Å². The molecule has 0 aliphatic rings. The zero-order valence-corrected chi connectivity index (χ0v) is 13.3. The van der Waals surface area contributed by atoms with Crippen LogP contribution in [0, 0.1) is 0 Å². The molecule has 21 heavy (non-hydrogen) atoms. The van der Waals surface area contributed by atoms with E-state index in [9.17, 15) is 0 Å². The van der Waals surface area contributed by atoms with Crippen LogP contribution in [0.3, 0.4) is 0 Å². The molecule has 120 valence electrons. The molecule has 0 bridgehead atoms. The van der Waals surface area contributed by atoms with Gasteiger partial charge < -0.3 is 24.6 Å². The summed E-state index contributed by atoms with van der Waals surface area (Å²) in [6.45, 7) is 4.59. The maximum Gasteiger partial charge on any atom is 0.203 e. The van der Waals surface area contributed by atoms with Crippen LogP contribution < -0.4 is 19.5 Å². The molecule has 0 radical (unpaired) electrons. The molecule has 0 spiro atoms. The number of hydrogen-bond acceptors (Lipinski definition) is 5. The Bertz CT molecular complexity index is 384. The van der Waals surface area contributed by atoms with Crippen molar-refractivity contribution in [1.29, 1.82) is 0 Å². The SMILES string of the molecule is CCCNCc1cc(OC)c(OCCCCO)c(OC)c1. The predicted octanol–water partition coefficient (Wildman–Crippen LogP) is 2.35. The van der Waals surface area contributed by atoms with Gasteiger partial charge in [-0.2, -0.15) is 0 Å². The minimum absolute atomic E-state index is 0.180. The molecule has 0 aliphatic carbocycles. The Morgan fingerprint density at radius 3 is 2.29 bits per heavy atom. The number of ether oxygens (including phenoxy) is 3. The Labute approximate surface area is 127 Å². The van der Waals surface area contributed by atoms with E-state index in [0.717, 1.165) is 37.9 Å². The summed E-state index contributed by atoms with van der Waals surface area (Å²) >= 11 is 0. The third-order valence-electron chi connectivity index (χ3n) is 3.08. The van der Waals surface area contributed by atoms with E-state index in [-0.39, 0.29) is 6.61 Å². The van der Waals surface area contributed by atoms with Gasteiger partial charge in [0.25, 0.3) is 0 Å². The van der Waals surface area contributed by atoms with Gasteiger partial charge in [0.05, 0.1) is 20.8 Å². The van der Waals surface area contributed by atoms with Gasteiger partial charge in [-0.05, 0) is 43.5 Å². The number of methoxy groups -OCH3 is 2. The fourth-order valence-corrected chi connectivity index (χ4v) is 1.98. The van der Waals surface area contributed by atoms with Crippen molar-refractivity contribution in [3.05, 3.63) is 17.7 Å². The summed E-state index contributed by atoms with van der Waals surface area (Å²) in [5, 5.41) is 12.1. The molecule has 5 heteroatoms. The van der Waals surface area contributed by atoms with Gasteiger partial charge in [0.1, 0.15) is 0 Å². The predicted molar refractivity (Wildman–Crippen MR) is 83.4 cm³/mol. The molecule has 0 saturated heterocycles. The lowest BCUT2D eigenvalue weighted by atomic mass is 10.1. The third-order valence-corrected chi connectivity index (χ3v) is 3.08. The van der Waals surface area contributed by atoms with Gasteiger partial charge in [0, 0.05) is 13.2 Å². The summed E-state index contributed by atoms with van der Waals surface area (Å²) in [5.41, 5.74) is 1.10. The Hall–Kier alpha value is -1.46. The summed E-state index contributed by atoms with van der Waals surface area (Å²) in [6, 6.07) is 3.93. The van der Waals surface area contributed by atoms with E-state index in [4.69, 9.17) is 19.3 Å². The highest BCUT2D eigenvalue weighted by molar-refractivity contribution is 5.53. The Morgan fingerprint density at radius 2 is 1.76 bits per heavy atom. The highest BCUT2D eigenvalue weighted by Crippen LogP contribution is 2.38. The smallest absolute Gasteiger partial charge is 0.203 e. The Morgan fingerprint density at radius 1 is 1.10 bits per heavy atom. The standard InChI is InChI=1S/C16H27NO4/c1-4-7-17-12-13-10-14(19-2)16(15(11-13)20-3)21-9-6-5-8-18/h10-11,17-18H,4-9,12H2,1-3H3. The van der Waals surface area contributed by atoms with Crippen molar-refractivity contribution in [2.45, 2.75) is 32.7 Å². The van der Waals surface area contributed by atoms with Crippen molar-refractivity contribution in [3.8, 4) is 17.2 Å². The number of hydrogen-bond donors (Lipinski definition) is 2. The van der Waals surface area contributed by atoms with Crippen molar-refractivity contribution in [2.75, 3.05) is 34.0 Å². The van der Waals surface area contributed by atoms with Crippen molar-refractivity contribution in [1.82, 2.24) is 5.32 Å². The van der Waals surface area contributed by atoms with Crippen LogP contribution in [0.4, 0.5) is 0 Å². The zero-order valence-electron chi connectivity index (χ0n) is 13.3. The monoisotopic (exact) mass is 297 g/mol. The van der Waals surface area contributed by atoms with Crippen LogP contribution >= 0.6 is 0 Å². The molecule has 0 aromatic heterocycles. The van der Waals surface area contributed by atoms with E-state index >= 15 is 0 Å². The number of aliphatic hydroxyl groups is 1. The van der Waals surface area contributed by atoms with Gasteiger partial charge in [-0.25, -0.2) is 0 Å². The molecule has 0 fully saturated rings. The topological polar surface area (TPSA) is 60.0 Å². The third kappa shape index (κ3) is 5.81. The fraction of sp³-hybridized carbons (Fsp3) is 0.625. The van der Waals surface area contributed by atoms with Crippen LogP contribution in [0.1, 0.15) is 31.7 Å². The molecule has 2 N–H and O–H groups in total. The van der Waals surface area contributed by atoms with Crippen LogP contribution in [0.25, 0.3) is 0 Å². The summed E-state index contributed by atoms with van der Waals surface area (Å²) in [7, 11) is 3.25. The van der Waals surface area contributed by atoms with Gasteiger partial charge in [0.15, 0.2) is 11.5 Å². The van der Waals surface area contributed by atoms with E-state index in [0.29, 0.717) is 23.9 Å². The van der Waals surface area contributed by atoms with Gasteiger partial charge in [-0.15, -0.1) is 0 Å². The molecule has 0 amide bonds. The molecule has 0 atom stereocenters. The minimum Gasteiger partial charge on any atom is -0.493 e. The number of nitrogens with one attached hydrogen (secondary N) is 1. The summed E-state index contributed by atoms with van der Waals surface area (Å²) in [5.74, 6) is 1.97. The molecular weight excluding hydrogens is 270 g/mol. The average molecular weight is 297 g/mol. The molecule has 1 rings (SSSR count). The molecule has 0 unspecified atom stereocenters.